The molecule has 23 heavy (non-hydrogen) atoms. The number of rotatable bonds is 5. The van der Waals surface area contributed by atoms with Crippen LogP contribution in [0.3, 0.4) is 0 Å². The molecule has 3 nitrogen and oxygen atoms in total. The number of carbonyl (C=O) groups is 1. The zero-order chi connectivity index (χ0) is 15.9. The van der Waals surface area contributed by atoms with E-state index in [2.05, 4.69) is 10.2 Å². The molecule has 1 saturated heterocycles. The quantitative estimate of drug-likeness (QED) is 0.903. The molecular formula is C20H30N2O. The molecule has 1 aliphatic heterocycles. The van der Waals surface area contributed by atoms with Gasteiger partial charge in [0.05, 0.1) is 6.42 Å². The molecular weight excluding hydrogens is 284 g/mol. The van der Waals surface area contributed by atoms with Crippen LogP contribution in [-0.4, -0.2) is 36.5 Å². The summed E-state index contributed by atoms with van der Waals surface area (Å²) in [4.78, 5) is 15.0. The van der Waals surface area contributed by atoms with Crippen LogP contribution in [0, 0.1) is 5.92 Å². The number of nitrogens with one attached hydrogen (secondary N) is 1. The van der Waals surface area contributed by atoms with Crippen molar-refractivity contribution in [3.8, 4) is 0 Å². The number of likely N-dealkylation sites (tertiary alicyclic amines) is 1. The minimum atomic E-state index is 0.187. The van der Waals surface area contributed by atoms with Crippen molar-refractivity contribution < 1.29 is 4.79 Å². The molecule has 0 radical (unpaired) electrons. The van der Waals surface area contributed by atoms with Gasteiger partial charge in [-0.1, -0.05) is 49.6 Å². The van der Waals surface area contributed by atoms with Crippen LogP contribution < -0.4 is 5.32 Å². The van der Waals surface area contributed by atoms with Crippen molar-refractivity contribution in [1.29, 1.82) is 0 Å². The molecule has 1 N–H and O–H groups in total. The number of hydrogen-bond acceptors (Lipinski definition) is 2. The molecule has 126 valence electrons. The molecule has 2 unspecified atom stereocenters. The van der Waals surface area contributed by atoms with Gasteiger partial charge in [0.1, 0.15) is 0 Å². The number of nitrogens with zero attached hydrogens (tertiary/aromatic N) is 1. The van der Waals surface area contributed by atoms with E-state index >= 15 is 0 Å². The van der Waals surface area contributed by atoms with Gasteiger partial charge in [0.15, 0.2) is 0 Å². The highest BCUT2D eigenvalue weighted by Gasteiger charge is 2.28. The first-order valence-electron chi connectivity index (χ1n) is 9.37. The van der Waals surface area contributed by atoms with Gasteiger partial charge in [-0.2, -0.15) is 0 Å². The number of benzene rings is 1. The van der Waals surface area contributed by atoms with Crippen molar-refractivity contribution in [3.63, 3.8) is 0 Å². The summed E-state index contributed by atoms with van der Waals surface area (Å²) in [5.41, 5.74) is 1.10. The molecule has 1 amide bonds. The van der Waals surface area contributed by atoms with E-state index in [4.69, 9.17) is 0 Å². The second-order valence-corrected chi connectivity index (χ2v) is 7.24. The Morgan fingerprint density at radius 1 is 1.00 bits per heavy atom. The number of amides is 1. The SMILES string of the molecule is O=C(Cc1ccccc1)NC1CCCCC1CN1CCCCC1. The summed E-state index contributed by atoms with van der Waals surface area (Å²) in [6.07, 6.45) is 9.59. The van der Waals surface area contributed by atoms with Crippen LogP contribution in [0.15, 0.2) is 30.3 Å². The van der Waals surface area contributed by atoms with Crippen LogP contribution >= 0.6 is 0 Å². The highest BCUT2D eigenvalue weighted by atomic mass is 16.1. The third kappa shape index (κ3) is 5.07. The first kappa shape index (κ1) is 16.5. The fraction of sp³-hybridized carbons (Fsp3) is 0.650. The highest BCUT2D eigenvalue weighted by molar-refractivity contribution is 5.78. The van der Waals surface area contributed by atoms with E-state index in [-0.39, 0.29) is 5.91 Å². The molecule has 1 aliphatic carbocycles. The Morgan fingerprint density at radius 2 is 1.74 bits per heavy atom. The van der Waals surface area contributed by atoms with Crippen LogP contribution in [0.25, 0.3) is 0 Å². The molecule has 2 atom stereocenters. The topological polar surface area (TPSA) is 32.3 Å². The monoisotopic (exact) mass is 314 g/mol. The van der Waals surface area contributed by atoms with E-state index in [1.54, 1.807) is 0 Å². The van der Waals surface area contributed by atoms with E-state index in [9.17, 15) is 4.79 Å². The molecule has 1 aromatic rings. The zero-order valence-electron chi connectivity index (χ0n) is 14.2. The number of hydrogen-bond donors (Lipinski definition) is 1. The standard InChI is InChI=1S/C20H30N2O/c23-20(15-17-9-3-1-4-10-17)21-19-12-6-5-11-18(19)16-22-13-7-2-8-14-22/h1,3-4,9-10,18-19H,2,5-8,11-16H2,(H,21,23). The van der Waals surface area contributed by atoms with E-state index in [1.165, 1.54) is 58.2 Å². The van der Waals surface area contributed by atoms with Crippen LogP contribution in [0.1, 0.15) is 50.5 Å². The molecule has 2 aliphatic rings. The molecule has 3 heteroatoms. The predicted molar refractivity (Wildman–Crippen MR) is 94.3 cm³/mol. The van der Waals surface area contributed by atoms with Gasteiger partial charge in [-0.3, -0.25) is 4.79 Å². The van der Waals surface area contributed by atoms with Gasteiger partial charge >= 0.3 is 0 Å². The molecule has 2 fully saturated rings. The van der Waals surface area contributed by atoms with Crippen LogP contribution in [0.4, 0.5) is 0 Å². The predicted octanol–water partition coefficient (Wildman–Crippen LogP) is 3.39. The lowest BCUT2D eigenvalue weighted by molar-refractivity contribution is -0.121. The summed E-state index contributed by atoms with van der Waals surface area (Å²) in [6.45, 7) is 3.68. The third-order valence-corrected chi connectivity index (χ3v) is 5.40. The van der Waals surface area contributed by atoms with Crippen molar-refractivity contribution in [3.05, 3.63) is 35.9 Å². The molecule has 0 bridgehead atoms. The summed E-state index contributed by atoms with van der Waals surface area (Å²) in [7, 11) is 0. The zero-order valence-corrected chi connectivity index (χ0v) is 14.2. The Kier molecular flexibility index (Phi) is 6.09. The lowest BCUT2D eigenvalue weighted by atomic mass is 9.83. The fourth-order valence-corrected chi connectivity index (χ4v) is 4.13. The lowest BCUT2D eigenvalue weighted by Crippen LogP contribution is -2.47. The van der Waals surface area contributed by atoms with Gasteiger partial charge in [-0.15, -0.1) is 0 Å². The van der Waals surface area contributed by atoms with E-state index in [0.29, 0.717) is 18.4 Å². The smallest absolute Gasteiger partial charge is 0.224 e. The van der Waals surface area contributed by atoms with Gasteiger partial charge < -0.3 is 10.2 Å². The van der Waals surface area contributed by atoms with Gasteiger partial charge in [-0.25, -0.2) is 0 Å². The normalized spacial score (nSPS) is 25.9. The second kappa shape index (κ2) is 8.49. The average molecular weight is 314 g/mol. The Balaban J connectivity index is 1.52. The van der Waals surface area contributed by atoms with Gasteiger partial charge in [0.2, 0.25) is 5.91 Å². The van der Waals surface area contributed by atoms with Gasteiger partial charge in [0, 0.05) is 12.6 Å². The molecule has 1 heterocycles. The molecule has 0 aromatic heterocycles. The number of carbonyl (C=O) groups excluding carboxylic acids is 1. The number of piperidine rings is 1. The maximum Gasteiger partial charge on any atom is 0.224 e. The summed E-state index contributed by atoms with van der Waals surface area (Å²) in [6, 6.07) is 10.4. The minimum absolute atomic E-state index is 0.187. The average Bonchev–Trinajstić information content (AvgIpc) is 2.58. The fourth-order valence-electron chi connectivity index (χ4n) is 4.13. The van der Waals surface area contributed by atoms with E-state index < -0.39 is 0 Å². The van der Waals surface area contributed by atoms with Crippen LogP contribution in [0.2, 0.25) is 0 Å². The molecule has 1 aromatic carbocycles. The molecule has 0 spiro atoms. The van der Waals surface area contributed by atoms with Crippen LogP contribution in [-0.2, 0) is 11.2 Å². The largest absolute Gasteiger partial charge is 0.353 e. The van der Waals surface area contributed by atoms with Crippen molar-refractivity contribution in [1.82, 2.24) is 10.2 Å². The van der Waals surface area contributed by atoms with Gasteiger partial charge in [0.25, 0.3) is 0 Å². The third-order valence-electron chi connectivity index (χ3n) is 5.40. The molecule has 3 rings (SSSR count). The van der Waals surface area contributed by atoms with Crippen molar-refractivity contribution in [2.24, 2.45) is 5.92 Å². The van der Waals surface area contributed by atoms with E-state index in [1.807, 2.05) is 30.3 Å². The Morgan fingerprint density at radius 3 is 2.52 bits per heavy atom. The Hall–Kier alpha value is -1.35. The van der Waals surface area contributed by atoms with Crippen molar-refractivity contribution in [2.45, 2.75) is 57.4 Å². The summed E-state index contributed by atoms with van der Waals surface area (Å²) in [5.74, 6) is 0.827. The first-order valence-corrected chi connectivity index (χ1v) is 9.37. The second-order valence-electron chi connectivity index (χ2n) is 7.24. The Bertz CT molecular complexity index is 482. The Labute approximate surface area is 140 Å². The van der Waals surface area contributed by atoms with E-state index in [0.717, 1.165) is 12.0 Å². The summed E-state index contributed by atoms with van der Waals surface area (Å²) in [5, 5.41) is 3.34. The highest BCUT2D eigenvalue weighted by Crippen LogP contribution is 2.26. The molecule has 1 saturated carbocycles. The van der Waals surface area contributed by atoms with Crippen molar-refractivity contribution in [2.75, 3.05) is 19.6 Å². The first-order chi connectivity index (χ1) is 11.3. The van der Waals surface area contributed by atoms with Gasteiger partial charge in [-0.05, 0) is 50.3 Å². The van der Waals surface area contributed by atoms with Crippen molar-refractivity contribution >= 4 is 5.91 Å². The maximum atomic E-state index is 12.4. The summed E-state index contributed by atoms with van der Waals surface area (Å²) < 4.78 is 0. The van der Waals surface area contributed by atoms with Crippen LogP contribution in [0.5, 0.6) is 0 Å². The summed E-state index contributed by atoms with van der Waals surface area (Å²) >= 11 is 0. The minimum Gasteiger partial charge on any atom is -0.353 e. The lowest BCUT2D eigenvalue weighted by Gasteiger charge is -2.37. The maximum absolute atomic E-state index is 12.4.